The van der Waals surface area contributed by atoms with E-state index in [0.29, 0.717) is 12.0 Å². The van der Waals surface area contributed by atoms with E-state index in [9.17, 15) is 0 Å². The summed E-state index contributed by atoms with van der Waals surface area (Å²) in [6.07, 6.45) is 5.17. The van der Waals surface area contributed by atoms with Gasteiger partial charge in [0.25, 0.3) is 0 Å². The molecule has 2 atom stereocenters. The van der Waals surface area contributed by atoms with Crippen LogP contribution in [-0.4, -0.2) is 32.2 Å². The molecule has 2 N–H and O–H groups in total. The highest BCUT2D eigenvalue weighted by atomic mass is 15.2. The molecule has 0 aromatic heterocycles. The quantitative estimate of drug-likeness (QED) is 0.899. The van der Waals surface area contributed by atoms with Crippen LogP contribution in [0, 0.1) is 5.92 Å². The molecule has 3 rings (SSSR count). The SMILES string of the molecule is CC1CN(c2ccc(N3CCCCC3)cc2)CCC1N. The zero-order valence-corrected chi connectivity index (χ0v) is 12.6. The summed E-state index contributed by atoms with van der Waals surface area (Å²) in [4.78, 5) is 5.00. The smallest absolute Gasteiger partial charge is 0.0367 e. The Bertz CT molecular complexity index is 422. The Kier molecular flexibility index (Phi) is 4.16. The van der Waals surface area contributed by atoms with Gasteiger partial charge in [-0.1, -0.05) is 6.92 Å². The number of piperidine rings is 2. The summed E-state index contributed by atoms with van der Waals surface area (Å²) in [7, 11) is 0. The minimum absolute atomic E-state index is 0.374. The Morgan fingerprint density at radius 1 is 0.900 bits per heavy atom. The number of hydrogen-bond acceptors (Lipinski definition) is 3. The highest BCUT2D eigenvalue weighted by Gasteiger charge is 2.23. The molecule has 2 aliphatic rings. The molecule has 0 bridgehead atoms. The van der Waals surface area contributed by atoms with E-state index >= 15 is 0 Å². The Hall–Kier alpha value is -1.22. The maximum Gasteiger partial charge on any atom is 0.0367 e. The molecule has 0 saturated carbocycles. The first-order valence-electron chi connectivity index (χ1n) is 8.09. The molecule has 0 amide bonds. The molecule has 2 saturated heterocycles. The van der Waals surface area contributed by atoms with Crippen molar-refractivity contribution in [3.8, 4) is 0 Å². The fraction of sp³-hybridized carbons (Fsp3) is 0.647. The van der Waals surface area contributed by atoms with Gasteiger partial charge < -0.3 is 15.5 Å². The van der Waals surface area contributed by atoms with Crippen LogP contribution in [0.25, 0.3) is 0 Å². The maximum atomic E-state index is 6.11. The van der Waals surface area contributed by atoms with Crippen molar-refractivity contribution in [3.63, 3.8) is 0 Å². The largest absolute Gasteiger partial charge is 0.372 e. The van der Waals surface area contributed by atoms with Crippen molar-refractivity contribution in [1.29, 1.82) is 0 Å². The molecule has 3 nitrogen and oxygen atoms in total. The fourth-order valence-electron chi connectivity index (χ4n) is 3.42. The number of anilines is 2. The van der Waals surface area contributed by atoms with Gasteiger partial charge >= 0.3 is 0 Å². The Morgan fingerprint density at radius 3 is 2.10 bits per heavy atom. The van der Waals surface area contributed by atoms with Crippen LogP contribution in [-0.2, 0) is 0 Å². The molecule has 0 radical (unpaired) electrons. The Labute approximate surface area is 122 Å². The van der Waals surface area contributed by atoms with Crippen molar-refractivity contribution < 1.29 is 0 Å². The van der Waals surface area contributed by atoms with E-state index in [0.717, 1.165) is 19.5 Å². The predicted octanol–water partition coefficient (Wildman–Crippen LogP) is 2.85. The number of rotatable bonds is 2. The number of nitrogens with zero attached hydrogens (tertiary/aromatic N) is 2. The Morgan fingerprint density at radius 2 is 1.50 bits per heavy atom. The van der Waals surface area contributed by atoms with Gasteiger partial charge in [0.15, 0.2) is 0 Å². The zero-order valence-electron chi connectivity index (χ0n) is 12.6. The lowest BCUT2D eigenvalue weighted by atomic mass is 9.94. The predicted molar refractivity (Wildman–Crippen MR) is 86.5 cm³/mol. The maximum absolute atomic E-state index is 6.11. The molecule has 0 spiro atoms. The van der Waals surface area contributed by atoms with Gasteiger partial charge in [-0.2, -0.15) is 0 Å². The first-order chi connectivity index (χ1) is 9.74. The lowest BCUT2D eigenvalue weighted by Crippen LogP contribution is -2.45. The third-order valence-corrected chi connectivity index (χ3v) is 4.91. The average molecular weight is 273 g/mol. The molecular weight excluding hydrogens is 246 g/mol. The summed E-state index contributed by atoms with van der Waals surface area (Å²) in [5.41, 5.74) is 8.84. The molecule has 2 unspecified atom stereocenters. The lowest BCUT2D eigenvalue weighted by molar-refractivity contribution is 0.383. The summed E-state index contributed by atoms with van der Waals surface area (Å²) in [5.74, 6) is 0.588. The van der Waals surface area contributed by atoms with Crippen LogP contribution in [0.5, 0.6) is 0 Å². The summed E-state index contributed by atoms with van der Waals surface area (Å²) >= 11 is 0. The Balaban J connectivity index is 1.66. The van der Waals surface area contributed by atoms with E-state index in [1.807, 2.05) is 0 Å². The topological polar surface area (TPSA) is 32.5 Å². The van der Waals surface area contributed by atoms with E-state index in [1.54, 1.807) is 0 Å². The first kappa shape index (κ1) is 13.7. The molecule has 20 heavy (non-hydrogen) atoms. The lowest BCUT2D eigenvalue weighted by Gasteiger charge is -2.37. The van der Waals surface area contributed by atoms with Crippen LogP contribution in [0.2, 0.25) is 0 Å². The van der Waals surface area contributed by atoms with E-state index in [2.05, 4.69) is 41.0 Å². The van der Waals surface area contributed by atoms with Crippen LogP contribution in [0.4, 0.5) is 11.4 Å². The van der Waals surface area contributed by atoms with Crippen LogP contribution in [0.3, 0.4) is 0 Å². The van der Waals surface area contributed by atoms with E-state index in [1.165, 1.54) is 43.7 Å². The van der Waals surface area contributed by atoms with Crippen molar-refractivity contribution in [2.45, 2.75) is 38.6 Å². The van der Waals surface area contributed by atoms with E-state index in [-0.39, 0.29) is 0 Å². The van der Waals surface area contributed by atoms with Crippen LogP contribution >= 0.6 is 0 Å². The minimum atomic E-state index is 0.374. The van der Waals surface area contributed by atoms with Gasteiger partial charge in [0.1, 0.15) is 0 Å². The number of hydrogen-bond donors (Lipinski definition) is 1. The molecule has 2 fully saturated rings. The number of benzene rings is 1. The summed E-state index contributed by atoms with van der Waals surface area (Å²) in [5, 5.41) is 0. The standard InChI is InChI=1S/C17H27N3/c1-14-13-20(12-9-17(14)18)16-7-5-15(6-8-16)19-10-3-2-4-11-19/h5-8,14,17H,2-4,9-13,18H2,1H3. The van der Waals surface area contributed by atoms with Crippen LogP contribution in [0.1, 0.15) is 32.6 Å². The minimum Gasteiger partial charge on any atom is -0.372 e. The second-order valence-electron chi connectivity index (χ2n) is 6.44. The second kappa shape index (κ2) is 6.04. The average Bonchev–Trinajstić information content (AvgIpc) is 2.51. The van der Waals surface area contributed by atoms with Gasteiger partial charge in [0.2, 0.25) is 0 Å². The highest BCUT2D eigenvalue weighted by Crippen LogP contribution is 2.26. The first-order valence-corrected chi connectivity index (χ1v) is 8.09. The van der Waals surface area contributed by atoms with Gasteiger partial charge in [-0.15, -0.1) is 0 Å². The second-order valence-corrected chi connectivity index (χ2v) is 6.44. The van der Waals surface area contributed by atoms with Crippen LogP contribution < -0.4 is 15.5 Å². The van der Waals surface area contributed by atoms with Crippen molar-refractivity contribution >= 4 is 11.4 Å². The van der Waals surface area contributed by atoms with E-state index < -0.39 is 0 Å². The van der Waals surface area contributed by atoms with Crippen molar-refractivity contribution in [2.75, 3.05) is 36.0 Å². The molecule has 1 aromatic rings. The van der Waals surface area contributed by atoms with Crippen LogP contribution in [0.15, 0.2) is 24.3 Å². The molecule has 3 heteroatoms. The van der Waals surface area contributed by atoms with Gasteiger partial charge in [-0.25, -0.2) is 0 Å². The normalized spacial score (nSPS) is 27.7. The van der Waals surface area contributed by atoms with Gasteiger partial charge in [-0.3, -0.25) is 0 Å². The van der Waals surface area contributed by atoms with E-state index in [4.69, 9.17) is 5.73 Å². The molecule has 1 aromatic carbocycles. The highest BCUT2D eigenvalue weighted by molar-refractivity contribution is 5.56. The van der Waals surface area contributed by atoms with Gasteiger partial charge in [-0.05, 0) is 55.9 Å². The molecule has 0 aliphatic carbocycles. The third-order valence-electron chi connectivity index (χ3n) is 4.91. The zero-order chi connectivity index (χ0) is 13.9. The molecular formula is C17H27N3. The fourth-order valence-corrected chi connectivity index (χ4v) is 3.42. The van der Waals surface area contributed by atoms with Gasteiger partial charge in [0.05, 0.1) is 0 Å². The van der Waals surface area contributed by atoms with Crippen molar-refractivity contribution in [3.05, 3.63) is 24.3 Å². The van der Waals surface area contributed by atoms with Crippen molar-refractivity contribution in [1.82, 2.24) is 0 Å². The molecule has 2 heterocycles. The monoisotopic (exact) mass is 273 g/mol. The number of nitrogens with two attached hydrogens (primary N) is 1. The third kappa shape index (κ3) is 2.93. The summed E-state index contributed by atoms with van der Waals surface area (Å²) in [6.45, 7) is 6.88. The summed E-state index contributed by atoms with van der Waals surface area (Å²) < 4.78 is 0. The van der Waals surface area contributed by atoms with Gasteiger partial charge in [0, 0.05) is 43.6 Å². The molecule has 2 aliphatic heterocycles. The summed E-state index contributed by atoms with van der Waals surface area (Å²) in [6, 6.07) is 9.53. The molecule has 110 valence electrons. The van der Waals surface area contributed by atoms with Crippen molar-refractivity contribution in [2.24, 2.45) is 11.7 Å².